The molecule has 0 saturated heterocycles. The van der Waals surface area contributed by atoms with E-state index in [1.165, 1.54) is 6.92 Å². The third-order valence-electron chi connectivity index (χ3n) is 4.47. The first-order valence-corrected chi connectivity index (χ1v) is 7.18. The van der Waals surface area contributed by atoms with E-state index in [0.717, 1.165) is 17.7 Å². The van der Waals surface area contributed by atoms with Gasteiger partial charge in [0.2, 0.25) is 5.91 Å². The van der Waals surface area contributed by atoms with Crippen molar-refractivity contribution in [2.75, 3.05) is 0 Å². The molecule has 3 atom stereocenters. The first-order valence-electron chi connectivity index (χ1n) is 7.18. The van der Waals surface area contributed by atoms with E-state index in [-0.39, 0.29) is 24.2 Å². The highest BCUT2D eigenvalue weighted by atomic mass is 16.4. The van der Waals surface area contributed by atoms with Crippen molar-refractivity contribution in [3.63, 3.8) is 0 Å². The van der Waals surface area contributed by atoms with Crippen LogP contribution in [0.5, 0.6) is 0 Å². The normalized spacial score (nSPS) is 27.7. The second kappa shape index (κ2) is 5.02. The SMILES string of the molecule is CC(=O)N[C@H]1CCc2ccn3c2C1C(=O)C[C@H](C(=O)O)C3. The van der Waals surface area contributed by atoms with Gasteiger partial charge in [-0.2, -0.15) is 0 Å². The third kappa shape index (κ3) is 2.34. The molecule has 0 aromatic carbocycles. The number of nitrogens with zero attached hydrogens (tertiary/aromatic N) is 1. The van der Waals surface area contributed by atoms with E-state index in [1.807, 2.05) is 16.8 Å². The maximum atomic E-state index is 12.6. The first kappa shape index (κ1) is 13.9. The largest absolute Gasteiger partial charge is 0.481 e. The topological polar surface area (TPSA) is 88.4 Å². The minimum absolute atomic E-state index is 0.0250. The number of hydrogen-bond acceptors (Lipinski definition) is 3. The molecule has 1 unspecified atom stereocenters. The van der Waals surface area contributed by atoms with Gasteiger partial charge in [0.05, 0.1) is 11.8 Å². The van der Waals surface area contributed by atoms with Gasteiger partial charge >= 0.3 is 5.97 Å². The van der Waals surface area contributed by atoms with Gasteiger partial charge in [-0.05, 0) is 24.5 Å². The van der Waals surface area contributed by atoms with Crippen molar-refractivity contribution >= 4 is 17.7 Å². The summed E-state index contributed by atoms with van der Waals surface area (Å²) in [7, 11) is 0. The Morgan fingerprint density at radius 1 is 1.43 bits per heavy atom. The lowest BCUT2D eigenvalue weighted by molar-refractivity contribution is -0.144. The molecule has 1 aliphatic carbocycles. The van der Waals surface area contributed by atoms with Gasteiger partial charge in [0.25, 0.3) is 0 Å². The summed E-state index contributed by atoms with van der Waals surface area (Å²) in [4.78, 5) is 35.2. The Kier molecular flexibility index (Phi) is 3.31. The van der Waals surface area contributed by atoms with E-state index in [4.69, 9.17) is 0 Å². The van der Waals surface area contributed by atoms with Gasteiger partial charge in [-0.3, -0.25) is 14.4 Å². The zero-order chi connectivity index (χ0) is 15.1. The zero-order valence-corrected chi connectivity index (χ0v) is 11.8. The Labute approximate surface area is 122 Å². The molecule has 3 rings (SSSR count). The Morgan fingerprint density at radius 2 is 2.19 bits per heavy atom. The second-order valence-corrected chi connectivity index (χ2v) is 5.91. The van der Waals surface area contributed by atoms with Crippen LogP contribution in [0.1, 0.15) is 36.9 Å². The molecule has 6 heteroatoms. The lowest BCUT2D eigenvalue weighted by Gasteiger charge is -2.31. The molecular formula is C15H18N2O4. The van der Waals surface area contributed by atoms with Crippen LogP contribution in [-0.4, -0.2) is 33.4 Å². The Hall–Kier alpha value is -2.11. The number of carbonyl (C=O) groups excluding carboxylic acids is 2. The number of carboxylic acid groups (broad SMARTS) is 1. The number of Topliss-reactive ketones (excluding diaryl/α,β-unsaturated/α-hetero) is 1. The van der Waals surface area contributed by atoms with Crippen molar-refractivity contribution in [3.05, 3.63) is 23.5 Å². The molecule has 1 aromatic heterocycles. The van der Waals surface area contributed by atoms with Crippen molar-refractivity contribution in [2.45, 2.75) is 44.7 Å². The summed E-state index contributed by atoms with van der Waals surface area (Å²) in [6, 6.07) is 1.73. The minimum Gasteiger partial charge on any atom is -0.481 e. The molecule has 1 aliphatic heterocycles. The van der Waals surface area contributed by atoms with Crippen LogP contribution in [-0.2, 0) is 27.3 Å². The van der Waals surface area contributed by atoms with E-state index in [1.54, 1.807) is 0 Å². The van der Waals surface area contributed by atoms with Gasteiger partial charge in [-0.1, -0.05) is 0 Å². The molecule has 0 fully saturated rings. The fourth-order valence-corrected chi connectivity index (χ4v) is 3.58. The summed E-state index contributed by atoms with van der Waals surface area (Å²) in [6.45, 7) is 1.76. The Balaban J connectivity index is 2.03. The van der Waals surface area contributed by atoms with Crippen LogP contribution >= 0.6 is 0 Å². The molecule has 0 saturated carbocycles. The molecular weight excluding hydrogens is 272 g/mol. The van der Waals surface area contributed by atoms with Crippen molar-refractivity contribution < 1.29 is 19.5 Å². The smallest absolute Gasteiger partial charge is 0.308 e. The summed E-state index contributed by atoms with van der Waals surface area (Å²) in [5.74, 6) is -2.30. The molecule has 2 N–H and O–H groups in total. The number of carbonyl (C=O) groups is 3. The monoisotopic (exact) mass is 290 g/mol. The predicted octanol–water partition coefficient (Wildman–Crippen LogP) is 0.696. The maximum absolute atomic E-state index is 12.6. The first-order chi connectivity index (χ1) is 9.97. The molecule has 6 nitrogen and oxygen atoms in total. The van der Waals surface area contributed by atoms with Gasteiger partial charge in [0, 0.05) is 37.8 Å². The van der Waals surface area contributed by atoms with Gasteiger partial charge < -0.3 is 15.0 Å². The van der Waals surface area contributed by atoms with Crippen LogP contribution in [0.25, 0.3) is 0 Å². The fraction of sp³-hybridized carbons (Fsp3) is 0.533. The quantitative estimate of drug-likeness (QED) is 0.839. The lowest BCUT2D eigenvalue weighted by atomic mass is 9.79. The average Bonchev–Trinajstić information content (AvgIpc) is 2.72. The van der Waals surface area contributed by atoms with Crippen molar-refractivity contribution in [1.29, 1.82) is 0 Å². The number of ketones is 1. The van der Waals surface area contributed by atoms with Gasteiger partial charge in [-0.25, -0.2) is 0 Å². The number of hydrogen-bond donors (Lipinski definition) is 2. The number of rotatable bonds is 2. The van der Waals surface area contributed by atoms with Crippen molar-refractivity contribution in [1.82, 2.24) is 9.88 Å². The average molecular weight is 290 g/mol. The molecule has 1 amide bonds. The molecule has 21 heavy (non-hydrogen) atoms. The standard InChI is InChI=1S/C15H18N2O4/c1-8(18)16-11-3-2-9-4-5-17-7-10(15(20)21)6-12(19)13(11)14(9)17/h4-5,10-11,13H,2-3,6-7H2,1H3,(H,16,18)(H,20,21)/t10-,11-,13?/m0/s1. The molecule has 2 heterocycles. The number of carboxylic acids is 1. The summed E-state index contributed by atoms with van der Waals surface area (Å²) in [6.07, 6.45) is 3.40. The molecule has 0 spiro atoms. The maximum Gasteiger partial charge on any atom is 0.308 e. The minimum atomic E-state index is -0.944. The van der Waals surface area contributed by atoms with E-state index in [0.29, 0.717) is 13.0 Å². The van der Waals surface area contributed by atoms with E-state index in [9.17, 15) is 19.5 Å². The number of aliphatic carboxylic acids is 1. The summed E-state index contributed by atoms with van der Waals surface area (Å²) in [5.41, 5.74) is 2.00. The number of aromatic nitrogens is 1. The van der Waals surface area contributed by atoms with Crippen molar-refractivity contribution in [2.24, 2.45) is 5.92 Å². The summed E-state index contributed by atoms with van der Waals surface area (Å²) in [5, 5.41) is 12.1. The highest BCUT2D eigenvalue weighted by Crippen LogP contribution is 2.37. The fourth-order valence-electron chi connectivity index (χ4n) is 3.58. The van der Waals surface area contributed by atoms with Gasteiger partial charge in [-0.15, -0.1) is 0 Å². The Morgan fingerprint density at radius 3 is 2.86 bits per heavy atom. The van der Waals surface area contributed by atoms with Crippen LogP contribution in [0, 0.1) is 5.92 Å². The number of aryl methyl sites for hydroxylation is 1. The van der Waals surface area contributed by atoms with Crippen LogP contribution < -0.4 is 5.32 Å². The van der Waals surface area contributed by atoms with Crippen LogP contribution in [0.4, 0.5) is 0 Å². The number of amides is 1. The number of nitrogens with one attached hydrogen (secondary N) is 1. The Bertz CT molecular complexity index is 619. The zero-order valence-electron chi connectivity index (χ0n) is 11.8. The highest BCUT2D eigenvalue weighted by Gasteiger charge is 2.41. The van der Waals surface area contributed by atoms with E-state index >= 15 is 0 Å². The molecule has 112 valence electrons. The predicted molar refractivity (Wildman–Crippen MR) is 73.8 cm³/mol. The van der Waals surface area contributed by atoms with Crippen molar-refractivity contribution in [3.8, 4) is 0 Å². The van der Waals surface area contributed by atoms with Crippen LogP contribution in [0.2, 0.25) is 0 Å². The van der Waals surface area contributed by atoms with E-state index in [2.05, 4.69) is 5.32 Å². The lowest BCUT2D eigenvalue weighted by Crippen LogP contribution is -2.44. The highest BCUT2D eigenvalue weighted by molar-refractivity contribution is 5.91. The van der Waals surface area contributed by atoms with Gasteiger partial charge in [0.15, 0.2) is 0 Å². The third-order valence-corrected chi connectivity index (χ3v) is 4.47. The van der Waals surface area contributed by atoms with Crippen LogP contribution in [0.3, 0.4) is 0 Å². The van der Waals surface area contributed by atoms with Gasteiger partial charge in [0.1, 0.15) is 5.78 Å². The summed E-state index contributed by atoms with van der Waals surface area (Å²) < 4.78 is 1.89. The summed E-state index contributed by atoms with van der Waals surface area (Å²) >= 11 is 0. The second-order valence-electron chi connectivity index (χ2n) is 5.91. The molecule has 2 aliphatic rings. The molecule has 1 aromatic rings. The molecule has 0 bridgehead atoms. The molecule has 0 radical (unpaired) electrons. The van der Waals surface area contributed by atoms with E-state index < -0.39 is 17.8 Å². The van der Waals surface area contributed by atoms with Crippen LogP contribution in [0.15, 0.2) is 12.3 Å².